The molecule has 0 aliphatic heterocycles. The second-order valence-corrected chi connectivity index (χ2v) is 7.67. The van der Waals surface area contributed by atoms with E-state index in [-0.39, 0.29) is 32.8 Å². The summed E-state index contributed by atoms with van der Waals surface area (Å²) in [5.41, 5.74) is 1.11. The van der Waals surface area contributed by atoms with Gasteiger partial charge in [-0.3, -0.25) is 9.35 Å². The predicted molar refractivity (Wildman–Crippen MR) is 117 cm³/mol. The van der Waals surface area contributed by atoms with Gasteiger partial charge in [0.25, 0.3) is 17.2 Å². The third kappa shape index (κ3) is 3.88. The number of para-hydroxylation sites is 2. The van der Waals surface area contributed by atoms with Crippen molar-refractivity contribution >= 4 is 63.2 Å². The molecular formula is C19H13Cl2N5O3S. The number of hydrogen-bond acceptors (Lipinski definition) is 4. The summed E-state index contributed by atoms with van der Waals surface area (Å²) in [6, 6.07) is 15.1. The third-order valence-electron chi connectivity index (χ3n) is 4.14. The molecule has 0 bridgehead atoms. The Morgan fingerprint density at radius 3 is 2.43 bits per heavy atom. The lowest BCUT2D eigenvalue weighted by Crippen LogP contribution is -2.21. The first kappa shape index (κ1) is 20.3. The van der Waals surface area contributed by atoms with Crippen molar-refractivity contribution < 1.29 is 13.6 Å². The van der Waals surface area contributed by atoms with Crippen LogP contribution in [0.2, 0.25) is 10.0 Å². The van der Waals surface area contributed by atoms with Gasteiger partial charge in [0, 0.05) is 18.0 Å². The van der Waals surface area contributed by atoms with Crippen LogP contribution >= 0.6 is 23.2 Å². The number of nitrogens with zero attached hydrogens (tertiary/aromatic N) is 4. The summed E-state index contributed by atoms with van der Waals surface area (Å²) >= 11 is 9.88. The van der Waals surface area contributed by atoms with Gasteiger partial charge >= 0.3 is 0 Å². The molecule has 4 aromatic rings. The molecule has 1 amide bonds. The zero-order valence-electron chi connectivity index (χ0n) is 15.1. The molecule has 152 valence electrons. The number of benzene rings is 2. The van der Waals surface area contributed by atoms with Gasteiger partial charge in [-0.05, 0) is 24.3 Å². The van der Waals surface area contributed by atoms with Gasteiger partial charge in [-0.15, -0.1) is 0 Å². The number of hydrogen-bond donors (Lipinski definition) is 2. The minimum atomic E-state index is -2.53. The van der Waals surface area contributed by atoms with Crippen molar-refractivity contribution in [3.05, 3.63) is 82.6 Å². The van der Waals surface area contributed by atoms with Crippen molar-refractivity contribution in [1.29, 1.82) is 0 Å². The maximum absolute atomic E-state index is 12.7. The fourth-order valence-corrected chi connectivity index (χ4v) is 4.09. The van der Waals surface area contributed by atoms with Crippen molar-refractivity contribution in [3.63, 3.8) is 0 Å². The molecule has 8 nitrogen and oxygen atoms in total. The molecule has 2 heterocycles. The summed E-state index contributed by atoms with van der Waals surface area (Å²) in [4.78, 5) is 17.1. The Bertz CT molecular complexity index is 1250. The van der Waals surface area contributed by atoms with Crippen molar-refractivity contribution in [3.8, 4) is 0 Å². The molecule has 0 saturated carbocycles. The molecular weight excluding hydrogens is 449 g/mol. The second kappa shape index (κ2) is 8.41. The average Bonchev–Trinajstić information content (AvgIpc) is 3.14. The molecule has 2 aromatic carbocycles. The molecule has 2 aromatic heterocycles. The van der Waals surface area contributed by atoms with E-state index in [4.69, 9.17) is 23.2 Å². The number of carbonyl (C=O) groups is 1. The molecule has 0 fully saturated rings. The minimum Gasteiger partial charge on any atom is -0.322 e. The fourth-order valence-electron chi connectivity index (χ4n) is 2.81. The Morgan fingerprint density at radius 1 is 1.07 bits per heavy atom. The minimum absolute atomic E-state index is 0.0626. The number of fused-ring (bicyclic) bond motifs is 1. The Hall–Kier alpha value is -2.98. The number of rotatable bonds is 5. The summed E-state index contributed by atoms with van der Waals surface area (Å²) < 4.78 is 24.4. The van der Waals surface area contributed by atoms with Crippen LogP contribution in [0.5, 0.6) is 0 Å². The normalized spacial score (nSPS) is 12.0. The van der Waals surface area contributed by atoms with Gasteiger partial charge in [0.2, 0.25) is 0 Å². The van der Waals surface area contributed by atoms with Crippen LogP contribution in [0, 0.1) is 0 Å². The second-order valence-electron chi connectivity index (χ2n) is 6.03. The standard InChI is InChI=1S/C19H13Cl2N5O3S/c20-14-7-4-8-15(21)17(14)26(30(28)29)16-9-10-25-18(24-16)13(11-22-25)19(27)23-12-5-2-1-3-6-12/h1-11H,(H,23,27)(H,28,29). The number of carbonyl (C=O) groups excluding carboxylic acids is 1. The summed E-state index contributed by atoms with van der Waals surface area (Å²) in [5.74, 6) is -0.360. The van der Waals surface area contributed by atoms with Gasteiger partial charge in [-0.25, -0.2) is 18.0 Å². The highest BCUT2D eigenvalue weighted by Gasteiger charge is 2.24. The molecule has 0 spiro atoms. The first-order chi connectivity index (χ1) is 14.5. The summed E-state index contributed by atoms with van der Waals surface area (Å²) in [6.07, 6.45) is 2.88. The van der Waals surface area contributed by atoms with Crippen LogP contribution in [0.3, 0.4) is 0 Å². The highest BCUT2D eigenvalue weighted by Crippen LogP contribution is 2.38. The molecule has 1 atom stereocenters. The van der Waals surface area contributed by atoms with E-state index < -0.39 is 17.2 Å². The molecule has 0 saturated heterocycles. The van der Waals surface area contributed by atoms with Crippen LogP contribution in [-0.4, -0.2) is 29.3 Å². The monoisotopic (exact) mass is 461 g/mol. The van der Waals surface area contributed by atoms with E-state index in [1.165, 1.54) is 23.0 Å². The lowest BCUT2D eigenvalue weighted by molar-refractivity contribution is 0.102. The molecule has 11 heteroatoms. The van der Waals surface area contributed by atoms with Gasteiger partial charge in [0.1, 0.15) is 5.56 Å². The highest BCUT2D eigenvalue weighted by atomic mass is 35.5. The molecule has 2 N–H and O–H groups in total. The fraction of sp³-hybridized carbons (Fsp3) is 0. The van der Waals surface area contributed by atoms with E-state index in [1.807, 2.05) is 6.07 Å². The number of aromatic nitrogens is 3. The van der Waals surface area contributed by atoms with Crippen LogP contribution < -0.4 is 9.62 Å². The van der Waals surface area contributed by atoms with E-state index in [9.17, 15) is 13.6 Å². The SMILES string of the molecule is O=C(Nc1ccccc1)c1cnn2ccc(N(c3c(Cl)cccc3Cl)S(=O)O)nc12. The molecule has 30 heavy (non-hydrogen) atoms. The molecule has 1 unspecified atom stereocenters. The predicted octanol–water partition coefficient (Wildman–Crippen LogP) is 4.56. The van der Waals surface area contributed by atoms with Crippen LogP contribution in [-0.2, 0) is 11.3 Å². The van der Waals surface area contributed by atoms with Crippen molar-refractivity contribution in [2.45, 2.75) is 0 Å². The lowest BCUT2D eigenvalue weighted by Gasteiger charge is -2.21. The van der Waals surface area contributed by atoms with Gasteiger partial charge in [0.15, 0.2) is 11.5 Å². The largest absolute Gasteiger partial charge is 0.322 e. The first-order valence-corrected chi connectivity index (χ1v) is 10.3. The number of nitrogens with one attached hydrogen (secondary N) is 1. The van der Waals surface area contributed by atoms with Crippen molar-refractivity contribution in [2.24, 2.45) is 0 Å². The number of anilines is 3. The zero-order valence-corrected chi connectivity index (χ0v) is 17.4. The number of halogens is 2. The maximum atomic E-state index is 12.7. The van der Waals surface area contributed by atoms with Gasteiger partial charge in [0.05, 0.1) is 21.9 Å². The van der Waals surface area contributed by atoms with Crippen molar-refractivity contribution in [2.75, 3.05) is 9.62 Å². The smallest absolute Gasteiger partial charge is 0.267 e. The van der Waals surface area contributed by atoms with Crippen LogP contribution in [0.25, 0.3) is 5.65 Å². The van der Waals surface area contributed by atoms with Gasteiger partial charge in [-0.2, -0.15) is 5.10 Å². The first-order valence-electron chi connectivity index (χ1n) is 8.51. The third-order valence-corrected chi connectivity index (χ3v) is 5.43. The van der Waals surface area contributed by atoms with Crippen molar-refractivity contribution in [1.82, 2.24) is 14.6 Å². The van der Waals surface area contributed by atoms with Crippen LogP contribution in [0.4, 0.5) is 17.2 Å². The zero-order chi connectivity index (χ0) is 21.3. The molecule has 0 aliphatic carbocycles. The quantitative estimate of drug-likeness (QED) is 0.424. The van der Waals surface area contributed by atoms with Gasteiger partial charge in [-0.1, -0.05) is 47.5 Å². The molecule has 0 aliphatic rings. The Kier molecular flexibility index (Phi) is 5.69. The van der Waals surface area contributed by atoms with Crippen LogP contribution in [0.1, 0.15) is 10.4 Å². The molecule has 0 radical (unpaired) electrons. The summed E-state index contributed by atoms with van der Waals surface area (Å²) in [7, 11) is 0. The summed E-state index contributed by atoms with van der Waals surface area (Å²) in [6.45, 7) is 0. The number of amides is 1. The summed E-state index contributed by atoms with van der Waals surface area (Å²) in [5, 5.41) is 7.22. The maximum Gasteiger partial charge on any atom is 0.267 e. The highest BCUT2D eigenvalue weighted by molar-refractivity contribution is 7.81. The topological polar surface area (TPSA) is 99.8 Å². The average molecular weight is 462 g/mol. The van der Waals surface area contributed by atoms with E-state index in [2.05, 4.69) is 15.4 Å². The Labute approximate surface area is 183 Å². The van der Waals surface area contributed by atoms with E-state index in [0.717, 1.165) is 4.31 Å². The van der Waals surface area contributed by atoms with E-state index >= 15 is 0 Å². The Morgan fingerprint density at radius 2 is 1.77 bits per heavy atom. The van der Waals surface area contributed by atoms with Crippen LogP contribution in [0.15, 0.2) is 67.0 Å². The lowest BCUT2D eigenvalue weighted by atomic mass is 10.2. The Balaban J connectivity index is 1.78. The van der Waals surface area contributed by atoms with E-state index in [1.54, 1.807) is 42.5 Å². The van der Waals surface area contributed by atoms with Gasteiger partial charge < -0.3 is 5.32 Å². The molecule has 4 rings (SSSR count). The van der Waals surface area contributed by atoms with E-state index in [0.29, 0.717) is 5.69 Å².